The van der Waals surface area contributed by atoms with Crippen molar-refractivity contribution in [3.63, 3.8) is 0 Å². The molecule has 0 aromatic heterocycles. The van der Waals surface area contributed by atoms with Crippen LogP contribution in [0.5, 0.6) is 17.2 Å². The molecule has 8 nitrogen and oxygen atoms in total. The molecule has 3 aromatic rings. The Morgan fingerprint density at radius 2 is 1.74 bits per heavy atom. The van der Waals surface area contributed by atoms with Crippen LogP contribution in [-0.2, 0) is 6.42 Å². The number of nitrogens with zero attached hydrogens (tertiary/aromatic N) is 2. The summed E-state index contributed by atoms with van der Waals surface area (Å²) in [6.07, 6.45) is 0.668. The fourth-order valence-corrected chi connectivity index (χ4v) is 4.26. The molecule has 176 valence electrons. The molecule has 1 atom stereocenters. The Bertz CT molecular complexity index is 1210. The van der Waals surface area contributed by atoms with Crippen molar-refractivity contribution in [2.75, 3.05) is 27.4 Å². The van der Waals surface area contributed by atoms with Crippen molar-refractivity contribution in [3.05, 3.63) is 93.0 Å². The van der Waals surface area contributed by atoms with Crippen LogP contribution < -0.4 is 14.2 Å². The molecular formula is C26H26N2O6. The Balaban J connectivity index is 1.69. The van der Waals surface area contributed by atoms with Gasteiger partial charge in [-0.15, -0.1) is 0 Å². The number of hydrogen-bond acceptors (Lipinski definition) is 6. The molecule has 1 aliphatic rings. The fourth-order valence-electron chi connectivity index (χ4n) is 4.26. The number of carbonyl (C=O) groups excluding carboxylic acids is 1. The van der Waals surface area contributed by atoms with Gasteiger partial charge in [0.05, 0.1) is 25.2 Å². The molecule has 8 heteroatoms. The van der Waals surface area contributed by atoms with E-state index in [1.54, 1.807) is 26.4 Å². The van der Waals surface area contributed by atoms with Crippen LogP contribution in [-0.4, -0.2) is 43.1 Å². The topological polar surface area (TPSA) is 91.1 Å². The molecule has 0 saturated carbocycles. The maximum atomic E-state index is 13.6. The average molecular weight is 463 g/mol. The van der Waals surface area contributed by atoms with E-state index in [9.17, 15) is 14.9 Å². The predicted molar refractivity (Wildman–Crippen MR) is 127 cm³/mol. The van der Waals surface area contributed by atoms with E-state index in [1.165, 1.54) is 12.1 Å². The van der Waals surface area contributed by atoms with Gasteiger partial charge in [0.15, 0.2) is 11.5 Å². The Morgan fingerprint density at radius 1 is 1.06 bits per heavy atom. The van der Waals surface area contributed by atoms with Gasteiger partial charge in [0.1, 0.15) is 12.4 Å². The third-order valence-corrected chi connectivity index (χ3v) is 6.09. The minimum absolute atomic E-state index is 0.0106. The van der Waals surface area contributed by atoms with Crippen LogP contribution in [0, 0.1) is 17.0 Å². The molecule has 4 rings (SSSR count). The predicted octanol–water partition coefficient (Wildman–Crippen LogP) is 4.74. The summed E-state index contributed by atoms with van der Waals surface area (Å²) in [6.45, 7) is 2.61. The Morgan fingerprint density at radius 3 is 2.38 bits per heavy atom. The summed E-state index contributed by atoms with van der Waals surface area (Å²) >= 11 is 0. The molecule has 34 heavy (non-hydrogen) atoms. The third kappa shape index (κ3) is 4.52. The molecule has 0 saturated heterocycles. The van der Waals surface area contributed by atoms with Gasteiger partial charge in [-0.25, -0.2) is 0 Å². The average Bonchev–Trinajstić information content (AvgIpc) is 2.86. The Labute approximate surface area is 197 Å². The summed E-state index contributed by atoms with van der Waals surface area (Å²) in [7, 11) is 3.17. The van der Waals surface area contributed by atoms with Gasteiger partial charge >= 0.3 is 0 Å². The third-order valence-electron chi connectivity index (χ3n) is 6.09. The quantitative estimate of drug-likeness (QED) is 0.372. The highest BCUT2D eigenvalue weighted by Crippen LogP contribution is 2.39. The van der Waals surface area contributed by atoms with Crippen molar-refractivity contribution < 1.29 is 23.9 Å². The number of nitro benzene ring substituents is 1. The van der Waals surface area contributed by atoms with Gasteiger partial charge < -0.3 is 19.1 Å². The fraction of sp³-hybridized carbons (Fsp3) is 0.269. The highest BCUT2D eigenvalue weighted by atomic mass is 16.6. The molecule has 0 N–H and O–H groups in total. The SMILES string of the molecule is COc1cc2c(cc1OC)[C@@H](COc1ccc([N+](=O)[O-])cc1)N(C(=O)c1ccccc1C)CC2. The summed E-state index contributed by atoms with van der Waals surface area (Å²) in [5.74, 6) is 1.62. The van der Waals surface area contributed by atoms with E-state index in [4.69, 9.17) is 14.2 Å². The normalized spacial score (nSPS) is 14.8. The summed E-state index contributed by atoms with van der Waals surface area (Å²) in [5.41, 5.74) is 3.52. The van der Waals surface area contributed by atoms with Gasteiger partial charge in [-0.3, -0.25) is 14.9 Å². The summed E-state index contributed by atoms with van der Waals surface area (Å²) < 4.78 is 17.0. The van der Waals surface area contributed by atoms with E-state index in [0.29, 0.717) is 35.8 Å². The van der Waals surface area contributed by atoms with Crippen LogP contribution in [0.2, 0.25) is 0 Å². The number of ether oxygens (including phenoxy) is 3. The van der Waals surface area contributed by atoms with Crippen LogP contribution in [0.25, 0.3) is 0 Å². The number of methoxy groups -OCH3 is 2. The summed E-state index contributed by atoms with van der Waals surface area (Å²) in [6, 6.07) is 16.9. The lowest BCUT2D eigenvalue weighted by molar-refractivity contribution is -0.384. The zero-order valence-corrected chi connectivity index (χ0v) is 19.3. The van der Waals surface area contributed by atoms with Gasteiger partial charge in [0.25, 0.3) is 11.6 Å². The molecule has 0 unspecified atom stereocenters. The maximum Gasteiger partial charge on any atom is 0.269 e. The molecule has 0 radical (unpaired) electrons. The molecule has 3 aromatic carbocycles. The number of carbonyl (C=O) groups is 1. The lowest BCUT2D eigenvalue weighted by atomic mass is 9.91. The number of fused-ring (bicyclic) bond motifs is 1. The van der Waals surface area contributed by atoms with E-state index in [2.05, 4.69) is 0 Å². The first-order chi connectivity index (χ1) is 16.4. The Kier molecular flexibility index (Phi) is 6.67. The van der Waals surface area contributed by atoms with Crippen molar-refractivity contribution >= 4 is 11.6 Å². The standard InChI is InChI=1S/C26H26N2O6/c1-17-6-4-5-7-21(17)26(29)27-13-12-18-14-24(32-2)25(33-3)15-22(18)23(27)16-34-20-10-8-19(9-11-20)28(30)31/h4-11,14-15,23H,12-13,16H2,1-3H3/t23-/m1/s1. The van der Waals surface area contributed by atoms with E-state index in [-0.39, 0.29) is 24.2 Å². The van der Waals surface area contributed by atoms with Crippen LogP contribution in [0.1, 0.15) is 33.1 Å². The number of nitro groups is 1. The first-order valence-corrected chi connectivity index (χ1v) is 10.9. The number of amides is 1. The molecule has 0 fully saturated rings. The van der Waals surface area contributed by atoms with Crippen molar-refractivity contribution in [1.29, 1.82) is 0 Å². The van der Waals surface area contributed by atoms with Crippen LogP contribution >= 0.6 is 0 Å². The first-order valence-electron chi connectivity index (χ1n) is 10.9. The maximum absolute atomic E-state index is 13.6. The van der Waals surface area contributed by atoms with E-state index >= 15 is 0 Å². The van der Waals surface area contributed by atoms with Crippen LogP contribution in [0.15, 0.2) is 60.7 Å². The first kappa shape index (κ1) is 23.1. The van der Waals surface area contributed by atoms with Crippen molar-refractivity contribution in [2.24, 2.45) is 0 Å². The molecular weight excluding hydrogens is 436 g/mol. The number of benzene rings is 3. The lowest BCUT2D eigenvalue weighted by Gasteiger charge is -2.38. The number of non-ortho nitro benzene ring substituents is 1. The molecule has 0 spiro atoms. The highest BCUT2D eigenvalue weighted by Gasteiger charge is 2.33. The van der Waals surface area contributed by atoms with Crippen molar-refractivity contribution in [3.8, 4) is 17.2 Å². The van der Waals surface area contributed by atoms with E-state index < -0.39 is 4.92 Å². The minimum Gasteiger partial charge on any atom is -0.493 e. The van der Waals surface area contributed by atoms with Crippen LogP contribution in [0.3, 0.4) is 0 Å². The molecule has 0 aliphatic carbocycles. The van der Waals surface area contributed by atoms with Gasteiger partial charge in [-0.1, -0.05) is 18.2 Å². The van der Waals surface area contributed by atoms with Gasteiger partial charge in [0.2, 0.25) is 0 Å². The molecule has 1 heterocycles. The summed E-state index contributed by atoms with van der Waals surface area (Å²) in [5, 5.41) is 10.9. The number of aryl methyl sites for hydroxylation is 1. The number of hydrogen-bond donors (Lipinski definition) is 0. The van der Waals surface area contributed by atoms with Crippen molar-refractivity contribution in [2.45, 2.75) is 19.4 Å². The van der Waals surface area contributed by atoms with Gasteiger partial charge in [-0.05, 0) is 60.4 Å². The monoisotopic (exact) mass is 462 g/mol. The van der Waals surface area contributed by atoms with E-state index in [1.807, 2.05) is 48.2 Å². The Hall–Kier alpha value is -4.07. The van der Waals surface area contributed by atoms with E-state index in [0.717, 1.165) is 16.7 Å². The second-order valence-electron chi connectivity index (χ2n) is 8.05. The zero-order chi connectivity index (χ0) is 24.2. The second kappa shape index (κ2) is 9.82. The van der Waals surface area contributed by atoms with Crippen LogP contribution in [0.4, 0.5) is 5.69 Å². The minimum atomic E-state index is -0.455. The van der Waals surface area contributed by atoms with Gasteiger partial charge in [0, 0.05) is 24.2 Å². The number of rotatable bonds is 7. The molecule has 1 amide bonds. The molecule has 1 aliphatic heterocycles. The zero-order valence-electron chi connectivity index (χ0n) is 19.3. The summed E-state index contributed by atoms with van der Waals surface area (Å²) in [4.78, 5) is 25.9. The second-order valence-corrected chi connectivity index (χ2v) is 8.05. The smallest absolute Gasteiger partial charge is 0.269 e. The molecule has 0 bridgehead atoms. The largest absolute Gasteiger partial charge is 0.493 e. The van der Waals surface area contributed by atoms with Crippen molar-refractivity contribution in [1.82, 2.24) is 4.90 Å². The highest BCUT2D eigenvalue weighted by molar-refractivity contribution is 5.96. The lowest BCUT2D eigenvalue weighted by Crippen LogP contribution is -2.42. The van der Waals surface area contributed by atoms with Gasteiger partial charge in [-0.2, -0.15) is 0 Å².